The van der Waals surface area contributed by atoms with Crippen LogP contribution in [0.1, 0.15) is 18.1 Å². The zero-order valence-corrected chi connectivity index (χ0v) is 15.3. The summed E-state index contributed by atoms with van der Waals surface area (Å²) >= 11 is 7.57. The largest absolute Gasteiger partial charge is 0.338 e. The van der Waals surface area contributed by atoms with Crippen LogP contribution in [0.5, 0.6) is 0 Å². The van der Waals surface area contributed by atoms with Crippen molar-refractivity contribution in [2.45, 2.75) is 19.5 Å². The van der Waals surface area contributed by atoms with Gasteiger partial charge in [0, 0.05) is 30.4 Å². The van der Waals surface area contributed by atoms with Gasteiger partial charge in [0.1, 0.15) is 10.8 Å². The van der Waals surface area contributed by atoms with Crippen molar-refractivity contribution in [1.29, 1.82) is 0 Å². The van der Waals surface area contributed by atoms with E-state index in [1.165, 1.54) is 28.6 Å². The molecule has 0 bridgehead atoms. The van der Waals surface area contributed by atoms with E-state index in [1.807, 2.05) is 18.2 Å². The maximum absolute atomic E-state index is 12.9. The number of imidazole rings is 1. The van der Waals surface area contributed by atoms with Crippen LogP contribution in [-0.4, -0.2) is 32.4 Å². The average Bonchev–Trinajstić information content (AvgIpc) is 3.24. The van der Waals surface area contributed by atoms with Gasteiger partial charge in [0.2, 0.25) is 5.91 Å². The number of nitrogens with zero attached hydrogens (tertiary/aromatic N) is 4. The number of carbonyl (C=O) groups is 1. The van der Waals surface area contributed by atoms with E-state index in [2.05, 4.69) is 9.97 Å². The molecule has 0 fully saturated rings. The van der Waals surface area contributed by atoms with E-state index in [9.17, 15) is 13.6 Å². The molecule has 0 radical (unpaired) electrons. The first kappa shape index (κ1) is 18.5. The van der Waals surface area contributed by atoms with Gasteiger partial charge < -0.3 is 4.90 Å². The lowest BCUT2D eigenvalue weighted by Gasteiger charge is -2.17. The molecule has 0 aliphatic heterocycles. The van der Waals surface area contributed by atoms with E-state index >= 15 is 0 Å². The smallest absolute Gasteiger partial charge is 0.319 e. The Kier molecular flexibility index (Phi) is 5.63. The number of thiazole rings is 1. The van der Waals surface area contributed by atoms with Crippen LogP contribution in [-0.2, 0) is 17.8 Å². The molecule has 0 spiro atoms. The Morgan fingerprint density at radius 2 is 2.15 bits per heavy atom. The number of likely N-dealkylation sites (N-methyl/N-ethyl adjacent to an activating group) is 1. The van der Waals surface area contributed by atoms with E-state index in [-0.39, 0.29) is 24.7 Å². The van der Waals surface area contributed by atoms with Crippen LogP contribution in [0, 0.1) is 0 Å². The Morgan fingerprint density at radius 1 is 1.38 bits per heavy atom. The normalized spacial score (nSPS) is 11.1. The first-order chi connectivity index (χ1) is 12.5. The molecular formula is C17H15ClF2N4OS. The highest BCUT2D eigenvalue weighted by atomic mass is 35.5. The molecule has 5 nitrogen and oxygen atoms in total. The lowest BCUT2D eigenvalue weighted by atomic mass is 10.2. The fourth-order valence-electron chi connectivity index (χ4n) is 2.38. The summed E-state index contributed by atoms with van der Waals surface area (Å²) in [6.07, 6.45) is 2.55. The second kappa shape index (κ2) is 7.92. The van der Waals surface area contributed by atoms with Gasteiger partial charge in [-0.1, -0.05) is 29.8 Å². The molecule has 0 saturated heterocycles. The monoisotopic (exact) mass is 396 g/mol. The number of benzene rings is 1. The first-order valence-electron chi connectivity index (χ1n) is 7.69. The van der Waals surface area contributed by atoms with Gasteiger partial charge in [-0.2, -0.15) is 8.78 Å². The molecule has 9 heteroatoms. The van der Waals surface area contributed by atoms with Gasteiger partial charge in [0.05, 0.1) is 23.7 Å². The van der Waals surface area contributed by atoms with Crippen molar-refractivity contribution in [3.63, 3.8) is 0 Å². The van der Waals surface area contributed by atoms with Gasteiger partial charge in [-0.15, -0.1) is 11.3 Å². The maximum atomic E-state index is 12.9. The third kappa shape index (κ3) is 4.08. The number of amides is 1. The second-order valence-electron chi connectivity index (χ2n) is 5.58. The van der Waals surface area contributed by atoms with Crippen LogP contribution in [0.2, 0.25) is 5.02 Å². The molecule has 3 rings (SSSR count). The van der Waals surface area contributed by atoms with Crippen LogP contribution in [0.25, 0.3) is 10.6 Å². The average molecular weight is 397 g/mol. The Labute approximate surface area is 157 Å². The topological polar surface area (TPSA) is 51.0 Å². The molecule has 2 aromatic heterocycles. The van der Waals surface area contributed by atoms with Crippen LogP contribution in [0.15, 0.2) is 42.0 Å². The lowest BCUT2D eigenvalue weighted by Crippen LogP contribution is -2.29. The van der Waals surface area contributed by atoms with Gasteiger partial charge in [-0.25, -0.2) is 9.97 Å². The highest BCUT2D eigenvalue weighted by Gasteiger charge is 2.18. The minimum Gasteiger partial charge on any atom is -0.338 e. The third-order valence-electron chi connectivity index (χ3n) is 3.75. The number of rotatable bonds is 6. The second-order valence-corrected chi connectivity index (χ2v) is 6.84. The molecule has 136 valence electrons. The highest BCUT2D eigenvalue weighted by molar-refractivity contribution is 7.13. The minimum atomic E-state index is -2.69. The predicted molar refractivity (Wildman–Crippen MR) is 96.2 cm³/mol. The zero-order chi connectivity index (χ0) is 18.7. The van der Waals surface area contributed by atoms with Crippen molar-refractivity contribution in [2.75, 3.05) is 7.05 Å². The summed E-state index contributed by atoms with van der Waals surface area (Å²) in [4.78, 5) is 22.1. The molecule has 3 aromatic rings. The zero-order valence-electron chi connectivity index (χ0n) is 13.8. The summed E-state index contributed by atoms with van der Waals surface area (Å²) < 4.78 is 26.5. The summed E-state index contributed by atoms with van der Waals surface area (Å²) in [5.74, 6) is -0.101. The fourth-order valence-corrected chi connectivity index (χ4v) is 3.52. The molecule has 2 heterocycles. The Hall–Kier alpha value is -2.32. The molecule has 0 saturated carbocycles. The standard InChI is InChI=1S/C17H15ClF2N4OS/c1-23(9-14-21-6-7-24(14)17(19)20)15(25)8-11-10-26-16(22-11)12-4-2-3-5-13(12)18/h2-7,10,17H,8-9H2,1H3. The fraction of sp³-hybridized carbons (Fsp3) is 0.235. The lowest BCUT2D eigenvalue weighted by molar-refractivity contribution is -0.130. The predicted octanol–water partition coefficient (Wildman–Crippen LogP) is 4.26. The Bertz CT molecular complexity index is 912. The molecule has 0 N–H and O–H groups in total. The van der Waals surface area contributed by atoms with Gasteiger partial charge in [-0.05, 0) is 6.07 Å². The van der Waals surface area contributed by atoms with Crippen molar-refractivity contribution in [3.05, 3.63) is 58.6 Å². The number of hydrogen-bond acceptors (Lipinski definition) is 4. The van der Waals surface area contributed by atoms with Crippen molar-refractivity contribution in [1.82, 2.24) is 19.4 Å². The molecule has 1 amide bonds. The summed E-state index contributed by atoms with van der Waals surface area (Å²) in [6.45, 7) is -2.69. The molecule has 0 unspecified atom stereocenters. The molecular weight excluding hydrogens is 382 g/mol. The van der Waals surface area contributed by atoms with E-state index in [0.717, 1.165) is 15.1 Å². The van der Waals surface area contributed by atoms with Gasteiger partial charge in [-0.3, -0.25) is 9.36 Å². The minimum absolute atomic E-state index is 0.00230. The van der Waals surface area contributed by atoms with Crippen molar-refractivity contribution >= 4 is 28.8 Å². The molecule has 0 atom stereocenters. The molecule has 0 aliphatic rings. The number of halogens is 3. The Balaban J connectivity index is 1.66. The van der Waals surface area contributed by atoms with Crippen molar-refractivity contribution < 1.29 is 13.6 Å². The van der Waals surface area contributed by atoms with E-state index in [1.54, 1.807) is 18.5 Å². The summed E-state index contributed by atoms with van der Waals surface area (Å²) in [7, 11) is 1.55. The number of aromatic nitrogens is 3. The van der Waals surface area contributed by atoms with E-state index < -0.39 is 6.55 Å². The number of alkyl halides is 2. The van der Waals surface area contributed by atoms with E-state index in [0.29, 0.717) is 10.7 Å². The maximum Gasteiger partial charge on any atom is 0.319 e. The van der Waals surface area contributed by atoms with Gasteiger partial charge in [0.15, 0.2) is 0 Å². The van der Waals surface area contributed by atoms with Gasteiger partial charge >= 0.3 is 6.55 Å². The molecule has 0 aliphatic carbocycles. The summed E-state index contributed by atoms with van der Waals surface area (Å²) in [5.41, 5.74) is 1.42. The van der Waals surface area contributed by atoms with Crippen molar-refractivity contribution in [2.24, 2.45) is 0 Å². The third-order valence-corrected chi connectivity index (χ3v) is 5.01. The highest BCUT2D eigenvalue weighted by Crippen LogP contribution is 2.30. The number of carbonyl (C=O) groups excluding carboxylic acids is 1. The summed E-state index contributed by atoms with van der Waals surface area (Å²) in [6, 6.07) is 7.35. The van der Waals surface area contributed by atoms with Crippen LogP contribution in [0.3, 0.4) is 0 Å². The van der Waals surface area contributed by atoms with Gasteiger partial charge in [0.25, 0.3) is 0 Å². The SMILES string of the molecule is CN(Cc1nccn1C(F)F)C(=O)Cc1csc(-c2ccccc2Cl)n1. The first-order valence-corrected chi connectivity index (χ1v) is 8.94. The Morgan fingerprint density at radius 3 is 2.88 bits per heavy atom. The van der Waals surface area contributed by atoms with Crippen molar-refractivity contribution in [3.8, 4) is 10.6 Å². The van der Waals surface area contributed by atoms with Crippen LogP contribution < -0.4 is 0 Å². The number of hydrogen-bond donors (Lipinski definition) is 0. The van der Waals surface area contributed by atoms with Crippen LogP contribution in [0.4, 0.5) is 8.78 Å². The van der Waals surface area contributed by atoms with Crippen LogP contribution >= 0.6 is 22.9 Å². The molecule has 1 aromatic carbocycles. The quantitative estimate of drug-likeness (QED) is 0.625. The summed E-state index contributed by atoms with van der Waals surface area (Å²) in [5, 5.41) is 3.12. The molecule has 26 heavy (non-hydrogen) atoms. The van der Waals surface area contributed by atoms with E-state index in [4.69, 9.17) is 11.6 Å².